The van der Waals surface area contributed by atoms with Crippen molar-refractivity contribution >= 4 is 23.5 Å². The number of rotatable bonds is 3. The van der Waals surface area contributed by atoms with E-state index in [9.17, 15) is 19.2 Å². The lowest BCUT2D eigenvalue weighted by Gasteiger charge is -2.44. The lowest BCUT2D eigenvalue weighted by atomic mass is 9.82. The smallest absolute Gasteiger partial charge is 0.261 e. The average Bonchev–Trinajstić information content (AvgIpc) is 3.47. The summed E-state index contributed by atoms with van der Waals surface area (Å²) in [6.07, 6.45) is 2.86. The third kappa shape index (κ3) is 3.53. The van der Waals surface area contributed by atoms with Gasteiger partial charge < -0.3 is 14.1 Å². The molecule has 1 saturated heterocycles. The Balaban J connectivity index is 1.17. The molecule has 3 aromatic rings. The van der Waals surface area contributed by atoms with Gasteiger partial charge in [-0.25, -0.2) is 0 Å². The number of amides is 3. The molecule has 35 heavy (non-hydrogen) atoms. The van der Waals surface area contributed by atoms with Gasteiger partial charge in [0, 0.05) is 31.5 Å². The van der Waals surface area contributed by atoms with Gasteiger partial charge in [0.25, 0.3) is 17.7 Å². The van der Waals surface area contributed by atoms with Gasteiger partial charge in [0.15, 0.2) is 5.78 Å². The predicted molar refractivity (Wildman–Crippen MR) is 123 cm³/mol. The lowest BCUT2D eigenvalue weighted by molar-refractivity contribution is -0.00572. The van der Waals surface area contributed by atoms with Gasteiger partial charge in [0.1, 0.15) is 17.1 Å². The minimum atomic E-state index is -0.602. The van der Waals surface area contributed by atoms with E-state index in [4.69, 9.17) is 9.15 Å². The molecule has 3 aliphatic rings. The monoisotopic (exact) mass is 470 g/mol. The summed E-state index contributed by atoms with van der Waals surface area (Å²) in [4.78, 5) is 54.4. The molecule has 8 nitrogen and oxygen atoms in total. The van der Waals surface area contributed by atoms with Crippen LogP contribution in [-0.4, -0.2) is 52.0 Å². The van der Waals surface area contributed by atoms with Crippen molar-refractivity contribution in [3.63, 3.8) is 0 Å². The number of benzene rings is 2. The van der Waals surface area contributed by atoms with E-state index in [-0.39, 0.29) is 29.4 Å². The third-order valence-electron chi connectivity index (χ3n) is 7.07. The second-order valence-electron chi connectivity index (χ2n) is 9.21. The standard InChI is InChI=1S/C27H22N2O6/c30-22-15-27(35-23-6-2-1-5-20(22)23)9-11-28(12-10-27)24(31)17-7-8-19-21(14-17)26(33)29(25(19)32)16-18-4-3-13-34-18/h1-8,13-14H,9-12,15-16H2. The molecule has 0 aliphatic carbocycles. The van der Waals surface area contributed by atoms with Gasteiger partial charge in [-0.05, 0) is 42.5 Å². The lowest BCUT2D eigenvalue weighted by Crippen LogP contribution is -2.52. The molecule has 1 spiro atoms. The Morgan fingerprint density at radius 3 is 2.43 bits per heavy atom. The Labute approximate surface area is 201 Å². The fraction of sp³-hybridized carbons (Fsp3) is 0.259. The third-order valence-corrected chi connectivity index (χ3v) is 7.07. The molecule has 176 valence electrons. The van der Waals surface area contributed by atoms with Crippen LogP contribution in [-0.2, 0) is 6.54 Å². The number of hydrogen-bond donors (Lipinski definition) is 0. The number of ketones is 1. The van der Waals surface area contributed by atoms with E-state index in [0.29, 0.717) is 55.0 Å². The average molecular weight is 470 g/mol. The number of hydrogen-bond acceptors (Lipinski definition) is 6. The first-order valence-corrected chi connectivity index (χ1v) is 11.6. The minimum Gasteiger partial charge on any atom is -0.486 e. The van der Waals surface area contributed by atoms with Crippen LogP contribution in [0.3, 0.4) is 0 Å². The maximum atomic E-state index is 13.3. The first-order chi connectivity index (χ1) is 16.9. The molecule has 0 radical (unpaired) electrons. The zero-order valence-electron chi connectivity index (χ0n) is 18.9. The molecule has 1 aromatic heterocycles. The summed E-state index contributed by atoms with van der Waals surface area (Å²) >= 11 is 0. The van der Waals surface area contributed by atoms with Crippen molar-refractivity contribution in [2.45, 2.75) is 31.4 Å². The van der Waals surface area contributed by atoms with E-state index in [0.717, 1.165) is 4.90 Å². The Kier molecular flexibility index (Phi) is 4.84. The topological polar surface area (TPSA) is 97.1 Å². The molecule has 0 N–H and O–H groups in total. The predicted octanol–water partition coefficient (Wildman–Crippen LogP) is 3.72. The Morgan fingerprint density at radius 1 is 0.886 bits per heavy atom. The highest BCUT2D eigenvalue weighted by Crippen LogP contribution is 2.39. The highest BCUT2D eigenvalue weighted by Gasteiger charge is 2.44. The van der Waals surface area contributed by atoms with Crippen LogP contribution in [0, 0.1) is 0 Å². The molecular formula is C27H22N2O6. The summed E-state index contributed by atoms with van der Waals surface area (Å²) < 4.78 is 11.5. The second kappa shape index (κ2) is 7.94. The number of piperidine rings is 1. The van der Waals surface area contributed by atoms with E-state index in [1.54, 1.807) is 29.2 Å². The van der Waals surface area contributed by atoms with Crippen molar-refractivity contribution in [1.29, 1.82) is 0 Å². The first-order valence-electron chi connectivity index (χ1n) is 11.6. The number of ether oxygens (including phenoxy) is 1. The van der Waals surface area contributed by atoms with Gasteiger partial charge >= 0.3 is 0 Å². The molecule has 3 amide bonds. The van der Waals surface area contributed by atoms with Crippen LogP contribution < -0.4 is 4.74 Å². The summed E-state index contributed by atoms with van der Waals surface area (Å²) in [5.41, 5.74) is 0.860. The van der Waals surface area contributed by atoms with E-state index >= 15 is 0 Å². The number of nitrogens with zero attached hydrogens (tertiary/aromatic N) is 2. The SMILES string of the molecule is O=C1CC2(CCN(C(=O)c3ccc4c(c3)C(=O)N(Cc3ccco3)C4=O)CC2)Oc2ccccc21. The maximum absolute atomic E-state index is 13.3. The van der Waals surface area contributed by atoms with Crippen LogP contribution in [0.1, 0.15) is 66.5 Å². The molecule has 4 heterocycles. The van der Waals surface area contributed by atoms with Crippen molar-refractivity contribution in [2.75, 3.05) is 13.1 Å². The van der Waals surface area contributed by atoms with Crippen LogP contribution in [0.2, 0.25) is 0 Å². The quantitative estimate of drug-likeness (QED) is 0.542. The zero-order valence-corrected chi connectivity index (χ0v) is 18.9. The Morgan fingerprint density at radius 2 is 1.66 bits per heavy atom. The molecule has 6 rings (SSSR count). The van der Waals surface area contributed by atoms with Gasteiger partial charge in [-0.2, -0.15) is 0 Å². The summed E-state index contributed by atoms with van der Waals surface area (Å²) in [5, 5.41) is 0. The number of carbonyl (C=O) groups excluding carboxylic acids is 4. The number of imide groups is 1. The maximum Gasteiger partial charge on any atom is 0.261 e. The van der Waals surface area contributed by atoms with E-state index in [1.807, 2.05) is 18.2 Å². The molecule has 3 aliphatic heterocycles. The van der Waals surface area contributed by atoms with Gasteiger partial charge in [0.05, 0.1) is 35.9 Å². The molecule has 2 aromatic carbocycles. The van der Waals surface area contributed by atoms with Crippen molar-refractivity contribution in [1.82, 2.24) is 9.80 Å². The molecule has 0 bridgehead atoms. The molecule has 0 saturated carbocycles. The fourth-order valence-corrected chi connectivity index (χ4v) is 5.15. The van der Waals surface area contributed by atoms with Gasteiger partial charge in [-0.15, -0.1) is 0 Å². The number of carbonyl (C=O) groups is 4. The number of furan rings is 1. The highest BCUT2D eigenvalue weighted by molar-refractivity contribution is 6.22. The fourth-order valence-electron chi connectivity index (χ4n) is 5.15. The van der Waals surface area contributed by atoms with Crippen LogP contribution in [0.25, 0.3) is 0 Å². The summed E-state index contributed by atoms with van der Waals surface area (Å²) in [5.74, 6) is 0.108. The first kappa shape index (κ1) is 21.3. The number of fused-ring (bicyclic) bond motifs is 2. The van der Waals surface area contributed by atoms with E-state index in [1.165, 1.54) is 18.4 Å². The Hall–Kier alpha value is -4.20. The summed E-state index contributed by atoms with van der Waals surface area (Å²) in [7, 11) is 0. The summed E-state index contributed by atoms with van der Waals surface area (Å²) in [6.45, 7) is 0.907. The normalized spacial score (nSPS) is 18.5. The number of likely N-dealkylation sites (tertiary alicyclic amines) is 1. The van der Waals surface area contributed by atoms with Crippen LogP contribution in [0.15, 0.2) is 65.3 Å². The van der Waals surface area contributed by atoms with Crippen LogP contribution >= 0.6 is 0 Å². The van der Waals surface area contributed by atoms with Crippen LogP contribution in [0.5, 0.6) is 5.75 Å². The number of Topliss-reactive ketones (excluding diaryl/α,β-unsaturated/α-hetero) is 1. The van der Waals surface area contributed by atoms with Gasteiger partial charge in [-0.1, -0.05) is 12.1 Å². The van der Waals surface area contributed by atoms with Crippen molar-refractivity contribution in [2.24, 2.45) is 0 Å². The minimum absolute atomic E-state index is 0.0404. The molecule has 8 heteroatoms. The number of para-hydroxylation sites is 1. The van der Waals surface area contributed by atoms with Crippen molar-refractivity contribution in [3.05, 3.63) is 88.9 Å². The molecule has 0 unspecified atom stereocenters. The van der Waals surface area contributed by atoms with E-state index in [2.05, 4.69) is 0 Å². The largest absolute Gasteiger partial charge is 0.486 e. The van der Waals surface area contributed by atoms with Crippen molar-refractivity contribution < 1.29 is 28.3 Å². The zero-order chi connectivity index (χ0) is 24.2. The molecular weight excluding hydrogens is 448 g/mol. The van der Waals surface area contributed by atoms with Gasteiger partial charge in [0.2, 0.25) is 0 Å². The van der Waals surface area contributed by atoms with Crippen LogP contribution in [0.4, 0.5) is 0 Å². The van der Waals surface area contributed by atoms with Crippen molar-refractivity contribution in [3.8, 4) is 5.75 Å². The Bertz CT molecular complexity index is 1370. The highest BCUT2D eigenvalue weighted by atomic mass is 16.5. The van der Waals surface area contributed by atoms with E-state index < -0.39 is 17.4 Å². The molecule has 0 atom stereocenters. The summed E-state index contributed by atoms with van der Waals surface area (Å²) in [6, 6.07) is 15.3. The molecule has 1 fully saturated rings. The second-order valence-corrected chi connectivity index (χ2v) is 9.21. The van der Waals surface area contributed by atoms with Gasteiger partial charge in [-0.3, -0.25) is 24.1 Å².